The predicted molar refractivity (Wildman–Crippen MR) is 75.4 cm³/mol. The minimum Gasteiger partial charge on any atom is -0.409 e. The minimum atomic E-state index is -0.0484. The Morgan fingerprint density at radius 2 is 2.33 bits per heavy atom. The van der Waals surface area contributed by atoms with Crippen molar-refractivity contribution >= 4 is 17.6 Å². The molecule has 1 aliphatic heterocycles. The number of benzene rings is 1. The van der Waals surface area contributed by atoms with E-state index >= 15 is 0 Å². The highest BCUT2D eigenvalue weighted by Gasteiger charge is 2.25. The van der Waals surface area contributed by atoms with Crippen molar-refractivity contribution in [3.63, 3.8) is 0 Å². The smallest absolute Gasteiger partial charge is 0.156 e. The molecule has 0 fully saturated rings. The highest BCUT2D eigenvalue weighted by molar-refractivity contribution is 7.99. The van der Waals surface area contributed by atoms with E-state index in [1.807, 2.05) is 25.7 Å². The molecule has 98 valence electrons. The van der Waals surface area contributed by atoms with Crippen molar-refractivity contribution in [1.82, 2.24) is 4.90 Å². The summed E-state index contributed by atoms with van der Waals surface area (Å²) < 4.78 is 0. The molecule has 1 aromatic carbocycles. The first kappa shape index (κ1) is 13.2. The first-order valence-corrected chi connectivity index (χ1v) is 7.01. The molecule has 0 amide bonds. The lowest BCUT2D eigenvalue weighted by molar-refractivity contribution is 0.276. The zero-order chi connectivity index (χ0) is 13.1. The molecule has 4 nitrogen and oxygen atoms in total. The van der Waals surface area contributed by atoms with Gasteiger partial charge in [0.25, 0.3) is 0 Å². The molecular formula is C13H19N3OS. The van der Waals surface area contributed by atoms with Crippen LogP contribution in [-0.2, 0) is 0 Å². The fourth-order valence-electron chi connectivity index (χ4n) is 2.20. The molecule has 1 heterocycles. The van der Waals surface area contributed by atoms with E-state index in [4.69, 9.17) is 10.9 Å². The van der Waals surface area contributed by atoms with Crippen LogP contribution in [0.5, 0.6) is 0 Å². The fourth-order valence-corrected chi connectivity index (χ4v) is 3.44. The molecule has 0 bridgehead atoms. The second-order valence-electron chi connectivity index (χ2n) is 4.69. The molecular weight excluding hydrogens is 246 g/mol. The summed E-state index contributed by atoms with van der Waals surface area (Å²) >= 11 is 1.91. The molecule has 0 aromatic heterocycles. The molecule has 0 saturated heterocycles. The third-order valence-corrected chi connectivity index (χ3v) is 4.76. The Morgan fingerprint density at radius 1 is 1.61 bits per heavy atom. The number of nitrogens with two attached hydrogens (primary N) is 1. The number of hydrogen-bond acceptors (Lipinski definition) is 4. The maximum absolute atomic E-state index is 8.70. The fraction of sp³-hybridized carbons (Fsp3) is 0.462. The number of likely N-dealkylation sites (N-methyl/N-ethyl adjacent to an activating group) is 1. The van der Waals surface area contributed by atoms with Gasteiger partial charge in [-0.15, -0.1) is 11.8 Å². The number of amidine groups is 1. The van der Waals surface area contributed by atoms with Crippen LogP contribution in [0, 0.1) is 0 Å². The summed E-state index contributed by atoms with van der Waals surface area (Å²) in [4.78, 5) is 3.51. The Balaban J connectivity index is 2.04. The first-order chi connectivity index (χ1) is 8.63. The number of nitrogens with zero attached hydrogens (tertiary/aromatic N) is 2. The molecule has 3 N–H and O–H groups in total. The largest absolute Gasteiger partial charge is 0.409 e. The molecule has 2 atom stereocenters. The average molecular weight is 265 g/mol. The highest BCUT2D eigenvalue weighted by atomic mass is 32.2. The van der Waals surface area contributed by atoms with Crippen molar-refractivity contribution in [2.75, 3.05) is 19.3 Å². The van der Waals surface area contributed by atoms with Crippen LogP contribution >= 0.6 is 11.8 Å². The van der Waals surface area contributed by atoms with Gasteiger partial charge in [0.15, 0.2) is 5.84 Å². The van der Waals surface area contributed by atoms with E-state index in [2.05, 4.69) is 34.3 Å². The lowest BCUT2D eigenvalue weighted by Crippen LogP contribution is -2.42. The summed E-state index contributed by atoms with van der Waals surface area (Å²) in [5.41, 5.74) is 7.06. The van der Waals surface area contributed by atoms with E-state index in [1.54, 1.807) is 0 Å². The van der Waals surface area contributed by atoms with E-state index in [0.29, 0.717) is 5.92 Å². The molecule has 1 aliphatic rings. The zero-order valence-corrected chi connectivity index (χ0v) is 11.5. The van der Waals surface area contributed by atoms with Crippen LogP contribution in [0.15, 0.2) is 34.3 Å². The zero-order valence-electron chi connectivity index (χ0n) is 10.7. The molecule has 0 radical (unpaired) electrons. The molecule has 1 aromatic rings. The molecule has 2 rings (SSSR count). The summed E-state index contributed by atoms with van der Waals surface area (Å²) in [6.45, 7) is 2.87. The van der Waals surface area contributed by atoms with Gasteiger partial charge in [0, 0.05) is 23.1 Å². The summed E-state index contributed by atoms with van der Waals surface area (Å²) in [7, 11) is 2.01. The van der Waals surface area contributed by atoms with Crippen molar-refractivity contribution in [3.8, 4) is 0 Å². The van der Waals surface area contributed by atoms with Crippen LogP contribution in [0.3, 0.4) is 0 Å². The molecule has 5 heteroatoms. The summed E-state index contributed by atoms with van der Waals surface area (Å²) in [6, 6.07) is 8.49. The highest BCUT2D eigenvalue weighted by Crippen LogP contribution is 2.39. The van der Waals surface area contributed by atoms with Crippen LogP contribution in [0.25, 0.3) is 0 Å². The second kappa shape index (κ2) is 5.63. The molecule has 0 spiro atoms. The maximum Gasteiger partial charge on any atom is 0.156 e. The van der Waals surface area contributed by atoms with E-state index < -0.39 is 0 Å². The lowest BCUT2D eigenvalue weighted by Gasteiger charge is -2.26. The van der Waals surface area contributed by atoms with Gasteiger partial charge in [-0.3, -0.25) is 4.90 Å². The van der Waals surface area contributed by atoms with Gasteiger partial charge in [-0.2, -0.15) is 0 Å². The predicted octanol–water partition coefficient (Wildman–Crippen LogP) is 1.94. The van der Waals surface area contributed by atoms with Crippen LogP contribution < -0.4 is 5.73 Å². The van der Waals surface area contributed by atoms with Crippen LogP contribution in [-0.4, -0.2) is 41.3 Å². The third kappa shape index (κ3) is 2.62. The Hall–Kier alpha value is -1.20. The van der Waals surface area contributed by atoms with Gasteiger partial charge in [0.1, 0.15) is 0 Å². The Morgan fingerprint density at radius 3 is 3.06 bits per heavy atom. The average Bonchev–Trinajstić information content (AvgIpc) is 2.80. The topological polar surface area (TPSA) is 61.9 Å². The van der Waals surface area contributed by atoms with Crippen molar-refractivity contribution < 1.29 is 5.21 Å². The first-order valence-electron chi connectivity index (χ1n) is 6.03. The van der Waals surface area contributed by atoms with Gasteiger partial charge in [0.2, 0.25) is 0 Å². The van der Waals surface area contributed by atoms with Crippen molar-refractivity contribution in [2.24, 2.45) is 10.9 Å². The summed E-state index contributed by atoms with van der Waals surface area (Å²) in [5.74, 6) is 1.88. The van der Waals surface area contributed by atoms with E-state index in [1.165, 1.54) is 10.5 Å². The van der Waals surface area contributed by atoms with Gasteiger partial charge in [-0.25, -0.2) is 0 Å². The minimum absolute atomic E-state index is 0.0484. The van der Waals surface area contributed by atoms with Crippen LogP contribution in [0.2, 0.25) is 0 Å². The Bertz CT molecular complexity index is 450. The molecule has 0 saturated carbocycles. The van der Waals surface area contributed by atoms with Gasteiger partial charge in [0.05, 0.1) is 6.04 Å². The lowest BCUT2D eigenvalue weighted by atomic mass is 10.0. The van der Waals surface area contributed by atoms with Gasteiger partial charge < -0.3 is 10.9 Å². The van der Waals surface area contributed by atoms with Crippen molar-refractivity contribution in [1.29, 1.82) is 0 Å². The van der Waals surface area contributed by atoms with Gasteiger partial charge >= 0.3 is 0 Å². The normalized spacial score (nSPS) is 21.1. The van der Waals surface area contributed by atoms with E-state index in [-0.39, 0.29) is 11.9 Å². The van der Waals surface area contributed by atoms with Gasteiger partial charge in [-0.1, -0.05) is 23.4 Å². The van der Waals surface area contributed by atoms with E-state index in [0.717, 1.165) is 12.3 Å². The number of oxime groups is 1. The number of rotatable bonds is 4. The monoisotopic (exact) mass is 265 g/mol. The molecule has 0 aliphatic carbocycles. The maximum atomic E-state index is 8.70. The quantitative estimate of drug-likeness (QED) is 0.378. The number of thioether (sulfide) groups is 1. The second-order valence-corrected chi connectivity index (χ2v) is 5.75. The third-order valence-electron chi connectivity index (χ3n) is 3.51. The van der Waals surface area contributed by atoms with Crippen molar-refractivity contribution in [2.45, 2.75) is 23.8 Å². The Kier molecular flexibility index (Phi) is 4.14. The SMILES string of the molecule is CC(C(N)=NO)N(C)CC1CSc2ccccc21. The standard InChI is InChI=1S/C13H19N3OS/c1-9(13(14)15-17)16(2)7-10-8-18-12-6-4-3-5-11(10)12/h3-6,9-10,17H,7-8H2,1-2H3,(H2,14,15). The molecule has 18 heavy (non-hydrogen) atoms. The summed E-state index contributed by atoms with van der Waals surface area (Å²) in [5, 5.41) is 11.8. The number of fused-ring (bicyclic) bond motifs is 1. The van der Waals surface area contributed by atoms with Gasteiger partial charge in [-0.05, 0) is 25.6 Å². The van der Waals surface area contributed by atoms with Crippen LogP contribution in [0.1, 0.15) is 18.4 Å². The summed E-state index contributed by atoms with van der Waals surface area (Å²) in [6.07, 6.45) is 0. The van der Waals surface area contributed by atoms with E-state index in [9.17, 15) is 0 Å². The number of hydrogen-bond donors (Lipinski definition) is 2. The molecule has 2 unspecified atom stereocenters. The van der Waals surface area contributed by atoms with Crippen LogP contribution in [0.4, 0.5) is 0 Å². The van der Waals surface area contributed by atoms with Crippen molar-refractivity contribution in [3.05, 3.63) is 29.8 Å². The Labute approximate surface area is 112 Å².